The van der Waals surface area contributed by atoms with Crippen LogP contribution in [-0.2, 0) is 6.42 Å². The molecule has 1 fully saturated rings. The van der Waals surface area contributed by atoms with Gasteiger partial charge in [-0.05, 0) is 37.7 Å². The van der Waals surface area contributed by atoms with Crippen LogP contribution in [0.4, 0.5) is 0 Å². The van der Waals surface area contributed by atoms with Crippen LogP contribution in [-0.4, -0.2) is 39.3 Å². The van der Waals surface area contributed by atoms with Crippen LogP contribution in [0.5, 0.6) is 0 Å². The number of hydrogen-bond acceptors (Lipinski definition) is 4. The molecular weight excluding hydrogens is 316 g/mol. The van der Waals surface area contributed by atoms with E-state index in [1.54, 1.807) is 17.0 Å². The van der Waals surface area contributed by atoms with E-state index in [9.17, 15) is 9.90 Å². The summed E-state index contributed by atoms with van der Waals surface area (Å²) in [6.07, 6.45) is 7.25. The molecule has 3 rings (SSSR count). The summed E-state index contributed by atoms with van der Waals surface area (Å²) in [4.78, 5) is 17.1. The third kappa shape index (κ3) is 3.18. The number of aliphatic hydroxyl groups is 1. The fourth-order valence-electron chi connectivity index (χ4n) is 3.48. The highest BCUT2D eigenvalue weighted by Gasteiger charge is 2.50. The Balaban J connectivity index is 1.97. The number of hydrogen-bond donors (Lipinski definition) is 2. The third-order valence-corrected chi connectivity index (χ3v) is 5.05. The van der Waals surface area contributed by atoms with Gasteiger partial charge in [0.15, 0.2) is 11.5 Å². The molecule has 0 radical (unpaired) electrons. The first kappa shape index (κ1) is 17.6. The van der Waals surface area contributed by atoms with Crippen LogP contribution in [0, 0.1) is 11.8 Å². The van der Waals surface area contributed by atoms with E-state index in [0.29, 0.717) is 23.4 Å². The minimum absolute atomic E-state index is 0.0851. The summed E-state index contributed by atoms with van der Waals surface area (Å²) in [6, 6.07) is -0.278. The Morgan fingerprint density at radius 3 is 2.92 bits per heavy atom. The van der Waals surface area contributed by atoms with Crippen molar-refractivity contribution in [1.29, 1.82) is 0 Å². The van der Waals surface area contributed by atoms with Crippen LogP contribution in [0.25, 0.3) is 0 Å². The first-order valence-electron chi connectivity index (χ1n) is 8.87. The van der Waals surface area contributed by atoms with Gasteiger partial charge in [-0.15, -0.1) is 0 Å². The van der Waals surface area contributed by atoms with Crippen molar-refractivity contribution in [3.05, 3.63) is 41.9 Å². The zero-order chi connectivity index (χ0) is 18.1. The van der Waals surface area contributed by atoms with Gasteiger partial charge in [0, 0.05) is 17.7 Å². The van der Waals surface area contributed by atoms with Crippen molar-refractivity contribution >= 4 is 11.7 Å². The number of aliphatic hydroxyl groups excluding tert-OH is 1. The molecule has 1 aromatic rings. The Labute approximate surface area is 148 Å². The lowest BCUT2D eigenvalue weighted by molar-refractivity contribution is 0.0890. The molecule has 0 unspecified atom stereocenters. The van der Waals surface area contributed by atoms with Crippen molar-refractivity contribution in [1.82, 2.24) is 15.1 Å². The average molecular weight is 342 g/mol. The van der Waals surface area contributed by atoms with Gasteiger partial charge in [0.1, 0.15) is 0 Å². The summed E-state index contributed by atoms with van der Waals surface area (Å²) in [5.41, 5.74) is 2.58. The molecule has 1 saturated carbocycles. The van der Waals surface area contributed by atoms with Gasteiger partial charge in [-0.1, -0.05) is 26.5 Å². The SMILES string of the molecule is C=CC(=N/C=C\C)n1nc(C(=O)N[C@H](CO)C(C)C)c2c1[C@H]1C[C@H]1C2. The van der Waals surface area contributed by atoms with E-state index < -0.39 is 0 Å². The molecular formula is C19H26N4O2. The quantitative estimate of drug-likeness (QED) is 0.615. The fraction of sp³-hybridized carbons (Fsp3) is 0.526. The van der Waals surface area contributed by atoms with Crippen molar-refractivity contribution in [3.63, 3.8) is 0 Å². The lowest BCUT2D eigenvalue weighted by atomic mass is 10.0. The number of carbonyl (C=O) groups excluding carboxylic acids is 1. The Kier molecular flexibility index (Phi) is 4.90. The molecule has 1 amide bonds. The van der Waals surface area contributed by atoms with Gasteiger partial charge in [-0.3, -0.25) is 4.79 Å². The van der Waals surface area contributed by atoms with Crippen LogP contribution in [0.2, 0.25) is 0 Å². The van der Waals surface area contributed by atoms with E-state index in [-0.39, 0.29) is 24.5 Å². The lowest BCUT2D eigenvalue weighted by Crippen LogP contribution is -2.41. The molecule has 0 aliphatic heterocycles. The highest BCUT2D eigenvalue weighted by Crippen LogP contribution is 2.56. The summed E-state index contributed by atoms with van der Waals surface area (Å²) < 4.78 is 1.78. The predicted octanol–water partition coefficient (Wildman–Crippen LogP) is 2.26. The van der Waals surface area contributed by atoms with E-state index in [1.165, 1.54) is 0 Å². The molecule has 2 aliphatic rings. The average Bonchev–Trinajstić information content (AvgIpc) is 3.10. The van der Waals surface area contributed by atoms with Crippen molar-refractivity contribution in [3.8, 4) is 0 Å². The molecule has 0 spiro atoms. The Hall–Kier alpha value is -2.21. The Bertz CT molecular complexity index is 745. The van der Waals surface area contributed by atoms with Gasteiger partial charge in [-0.25, -0.2) is 9.67 Å². The summed E-state index contributed by atoms with van der Waals surface area (Å²) in [7, 11) is 0. The number of nitrogens with zero attached hydrogens (tertiary/aromatic N) is 3. The maximum atomic E-state index is 12.8. The van der Waals surface area contributed by atoms with Gasteiger partial charge in [0.05, 0.1) is 18.3 Å². The van der Waals surface area contributed by atoms with E-state index in [0.717, 1.165) is 24.1 Å². The fourth-order valence-corrected chi connectivity index (χ4v) is 3.48. The molecule has 2 aliphatic carbocycles. The summed E-state index contributed by atoms with van der Waals surface area (Å²) in [5.74, 6) is 1.65. The second-order valence-electron chi connectivity index (χ2n) is 7.11. The molecule has 6 heteroatoms. The van der Waals surface area contributed by atoms with Crippen molar-refractivity contribution in [2.45, 2.75) is 45.6 Å². The maximum Gasteiger partial charge on any atom is 0.272 e. The largest absolute Gasteiger partial charge is 0.394 e. The summed E-state index contributed by atoms with van der Waals surface area (Å²) in [5, 5.41) is 17.0. The van der Waals surface area contributed by atoms with Crippen molar-refractivity contribution < 1.29 is 9.90 Å². The van der Waals surface area contributed by atoms with Crippen LogP contribution in [0.1, 0.15) is 54.9 Å². The third-order valence-electron chi connectivity index (χ3n) is 5.05. The number of aromatic nitrogens is 2. The van der Waals surface area contributed by atoms with Crippen LogP contribution >= 0.6 is 0 Å². The Morgan fingerprint density at radius 1 is 1.56 bits per heavy atom. The minimum Gasteiger partial charge on any atom is -0.394 e. The number of fused-ring (bicyclic) bond motifs is 3. The highest BCUT2D eigenvalue weighted by atomic mass is 16.3. The molecule has 0 saturated heterocycles. The smallest absolute Gasteiger partial charge is 0.272 e. The van der Waals surface area contributed by atoms with Gasteiger partial charge >= 0.3 is 0 Å². The van der Waals surface area contributed by atoms with E-state index in [2.05, 4.69) is 22.0 Å². The second kappa shape index (κ2) is 6.96. The molecule has 0 aromatic carbocycles. The number of carbonyl (C=O) groups is 1. The molecule has 1 heterocycles. The minimum atomic E-state index is -0.278. The molecule has 3 atom stereocenters. The van der Waals surface area contributed by atoms with E-state index >= 15 is 0 Å². The highest BCUT2D eigenvalue weighted by molar-refractivity contribution is 5.99. The first-order valence-corrected chi connectivity index (χ1v) is 8.87. The second-order valence-corrected chi connectivity index (χ2v) is 7.11. The standard InChI is InChI=1S/C19H26N4O2/c1-5-7-20-16(6-2)23-18-13-8-12(13)9-14(18)17(22-23)19(25)21-15(10-24)11(3)4/h5-7,11-13,15,24H,2,8-10H2,1,3-4H3,(H,21,25)/b7-5-,20-16?/t12-,13-,15+/m0/s1. The van der Waals surface area contributed by atoms with Crippen molar-refractivity contribution in [2.75, 3.05) is 6.61 Å². The van der Waals surface area contributed by atoms with Crippen LogP contribution in [0.3, 0.4) is 0 Å². The van der Waals surface area contributed by atoms with E-state index in [1.807, 2.05) is 26.8 Å². The molecule has 134 valence electrons. The van der Waals surface area contributed by atoms with E-state index in [4.69, 9.17) is 0 Å². The normalized spacial score (nSPS) is 22.8. The van der Waals surface area contributed by atoms with Gasteiger partial charge in [0.2, 0.25) is 0 Å². The number of nitrogens with one attached hydrogen (secondary N) is 1. The Morgan fingerprint density at radius 2 is 2.32 bits per heavy atom. The summed E-state index contributed by atoms with van der Waals surface area (Å²) in [6.45, 7) is 9.59. The van der Waals surface area contributed by atoms with Crippen molar-refractivity contribution in [2.24, 2.45) is 16.8 Å². The predicted molar refractivity (Wildman–Crippen MR) is 97.8 cm³/mol. The van der Waals surface area contributed by atoms with Gasteiger partial charge in [-0.2, -0.15) is 5.10 Å². The maximum absolute atomic E-state index is 12.8. The monoisotopic (exact) mass is 342 g/mol. The number of aliphatic imine (C=N–C) groups is 1. The van der Waals surface area contributed by atoms with Gasteiger partial charge in [0.25, 0.3) is 5.91 Å². The molecule has 2 N–H and O–H groups in total. The first-order chi connectivity index (χ1) is 12.0. The number of rotatable bonds is 6. The van der Waals surface area contributed by atoms with Gasteiger partial charge < -0.3 is 10.4 Å². The van der Waals surface area contributed by atoms with Crippen LogP contribution in [0.15, 0.2) is 29.9 Å². The zero-order valence-electron chi connectivity index (χ0n) is 15.1. The topological polar surface area (TPSA) is 79.5 Å². The molecule has 25 heavy (non-hydrogen) atoms. The van der Waals surface area contributed by atoms with Crippen LogP contribution < -0.4 is 5.32 Å². The summed E-state index contributed by atoms with van der Waals surface area (Å²) >= 11 is 0. The molecule has 0 bridgehead atoms. The number of amides is 1. The number of allylic oxidation sites excluding steroid dienone is 2. The lowest BCUT2D eigenvalue weighted by Gasteiger charge is -2.19. The molecule has 6 nitrogen and oxygen atoms in total. The molecule has 1 aromatic heterocycles. The zero-order valence-corrected chi connectivity index (χ0v) is 15.1.